The van der Waals surface area contributed by atoms with Crippen LogP contribution in [-0.2, 0) is 0 Å². The van der Waals surface area contributed by atoms with Gasteiger partial charge in [-0.25, -0.2) is 0 Å². The summed E-state index contributed by atoms with van der Waals surface area (Å²) in [6.07, 6.45) is 0. The molecule has 0 spiro atoms. The van der Waals surface area contributed by atoms with E-state index in [2.05, 4.69) is 15.0 Å². The zero-order valence-corrected chi connectivity index (χ0v) is 14.0. The van der Waals surface area contributed by atoms with Crippen LogP contribution in [0.2, 0.25) is 0 Å². The molecule has 2 aromatic carbocycles. The number of hydrogen-bond donors (Lipinski definition) is 3. The van der Waals surface area contributed by atoms with Crippen LogP contribution in [0.15, 0.2) is 49.5 Å². The number of hydrogen-bond acceptors (Lipinski definition) is 4. The van der Waals surface area contributed by atoms with Gasteiger partial charge in [0.2, 0.25) is 0 Å². The SMILES string of the molecule is Cc1ccc2c(c1)[nH]c(=O)c(=O)n2-c1cc2[nH]c(=O)c(=O)[nH]c2cc1C. The van der Waals surface area contributed by atoms with Gasteiger partial charge in [-0.05, 0) is 49.2 Å². The first-order valence-electron chi connectivity index (χ1n) is 7.88. The average molecular weight is 350 g/mol. The fourth-order valence-corrected chi connectivity index (χ4v) is 3.07. The van der Waals surface area contributed by atoms with Crippen LogP contribution in [0.5, 0.6) is 0 Å². The van der Waals surface area contributed by atoms with Crippen LogP contribution in [0.3, 0.4) is 0 Å². The smallest absolute Gasteiger partial charge is 0.316 e. The minimum Gasteiger partial charge on any atom is -0.316 e. The average Bonchev–Trinajstić information content (AvgIpc) is 2.58. The molecule has 0 radical (unpaired) electrons. The molecule has 0 fully saturated rings. The first kappa shape index (κ1) is 15.8. The molecule has 2 aromatic heterocycles. The van der Waals surface area contributed by atoms with Crippen molar-refractivity contribution in [2.45, 2.75) is 13.8 Å². The van der Waals surface area contributed by atoms with Gasteiger partial charge in [0.1, 0.15) is 0 Å². The topological polar surface area (TPSA) is 121 Å². The standard InChI is InChI=1S/C18H14N4O4/c1-8-3-4-13-12(5-8)21-17(25)18(26)22(13)14-7-11-10(6-9(14)2)19-15(23)16(24)20-11/h3-7H,1-2H3,(H,19,23)(H,20,24)(H,21,25). The van der Waals surface area contributed by atoms with E-state index in [0.717, 1.165) is 5.56 Å². The lowest BCUT2D eigenvalue weighted by molar-refractivity contribution is 0.975. The number of aryl methyl sites for hydroxylation is 2. The summed E-state index contributed by atoms with van der Waals surface area (Å²) in [5.41, 5.74) is 0.920. The number of aromatic nitrogens is 4. The van der Waals surface area contributed by atoms with Gasteiger partial charge in [0.25, 0.3) is 0 Å². The van der Waals surface area contributed by atoms with Gasteiger partial charge < -0.3 is 15.0 Å². The second kappa shape index (κ2) is 5.41. The van der Waals surface area contributed by atoms with E-state index in [9.17, 15) is 19.2 Å². The molecule has 4 aromatic rings. The first-order chi connectivity index (χ1) is 12.3. The summed E-state index contributed by atoms with van der Waals surface area (Å²) in [5, 5.41) is 0. The fourth-order valence-electron chi connectivity index (χ4n) is 3.07. The lowest BCUT2D eigenvalue weighted by Crippen LogP contribution is -2.36. The molecule has 8 nitrogen and oxygen atoms in total. The summed E-state index contributed by atoms with van der Waals surface area (Å²) in [7, 11) is 0. The van der Waals surface area contributed by atoms with Crippen LogP contribution in [0, 0.1) is 13.8 Å². The van der Waals surface area contributed by atoms with Crippen molar-refractivity contribution in [3.05, 3.63) is 82.9 Å². The number of rotatable bonds is 1. The van der Waals surface area contributed by atoms with E-state index in [0.29, 0.717) is 33.3 Å². The Hall–Kier alpha value is -3.68. The molecule has 26 heavy (non-hydrogen) atoms. The Labute approximate surface area is 144 Å². The number of nitrogens with one attached hydrogen (secondary N) is 3. The molecule has 0 saturated carbocycles. The first-order valence-corrected chi connectivity index (χ1v) is 7.88. The number of fused-ring (bicyclic) bond motifs is 2. The summed E-state index contributed by atoms with van der Waals surface area (Å²) in [6, 6.07) is 8.59. The van der Waals surface area contributed by atoms with Gasteiger partial charge in [-0.2, -0.15) is 0 Å². The molecular weight excluding hydrogens is 336 g/mol. The maximum atomic E-state index is 12.6. The lowest BCUT2D eigenvalue weighted by Gasteiger charge is -2.13. The predicted octanol–water partition coefficient (Wildman–Crippen LogP) is 0.826. The second-order valence-electron chi connectivity index (χ2n) is 6.21. The summed E-state index contributed by atoms with van der Waals surface area (Å²) < 4.78 is 1.31. The number of nitrogens with zero attached hydrogens (tertiary/aromatic N) is 1. The van der Waals surface area contributed by atoms with E-state index in [1.54, 1.807) is 31.2 Å². The van der Waals surface area contributed by atoms with Crippen LogP contribution in [-0.4, -0.2) is 19.5 Å². The van der Waals surface area contributed by atoms with Crippen LogP contribution < -0.4 is 22.2 Å². The Morgan fingerprint density at radius 2 is 1.35 bits per heavy atom. The predicted molar refractivity (Wildman–Crippen MR) is 98.4 cm³/mol. The molecule has 3 N–H and O–H groups in total. The fraction of sp³-hybridized carbons (Fsp3) is 0.111. The van der Waals surface area contributed by atoms with Crippen molar-refractivity contribution in [2.75, 3.05) is 0 Å². The van der Waals surface area contributed by atoms with Crippen molar-refractivity contribution in [1.82, 2.24) is 19.5 Å². The molecule has 0 bridgehead atoms. The van der Waals surface area contributed by atoms with E-state index in [1.165, 1.54) is 4.57 Å². The Morgan fingerprint density at radius 1 is 0.731 bits per heavy atom. The van der Waals surface area contributed by atoms with Crippen molar-refractivity contribution < 1.29 is 0 Å². The van der Waals surface area contributed by atoms with E-state index in [1.807, 2.05) is 13.0 Å². The zero-order chi connectivity index (χ0) is 18.6. The molecule has 0 amide bonds. The molecule has 0 saturated heterocycles. The lowest BCUT2D eigenvalue weighted by atomic mass is 10.1. The van der Waals surface area contributed by atoms with Crippen molar-refractivity contribution in [3.63, 3.8) is 0 Å². The maximum absolute atomic E-state index is 12.6. The van der Waals surface area contributed by atoms with Gasteiger partial charge in [-0.1, -0.05) is 6.07 Å². The molecule has 130 valence electrons. The molecule has 0 unspecified atom stereocenters. The van der Waals surface area contributed by atoms with Crippen LogP contribution in [0.4, 0.5) is 0 Å². The van der Waals surface area contributed by atoms with E-state index >= 15 is 0 Å². The number of aromatic amines is 3. The van der Waals surface area contributed by atoms with Crippen molar-refractivity contribution in [1.29, 1.82) is 0 Å². The van der Waals surface area contributed by atoms with Gasteiger partial charge in [-0.15, -0.1) is 0 Å². The van der Waals surface area contributed by atoms with Gasteiger partial charge in [0.05, 0.1) is 27.8 Å². The molecule has 2 heterocycles. The van der Waals surface area contributed by atoms with Crippen LogP contribution >= 0.6 is 0 Å². The van der Waals surface area contributed by atoms with E-state index in [-0.39, 0.29) is 0 Å². The third-order valence-electron chi connectivity index (χ3n) is 4.32. The minimum absolute atomic E-state index is 0.364. The monoisotopic (exact) mass is 350 g/mol. The van der Waals surface area contributed by atoms with Crippen molar-refractivity contribution >= 4 is 22.1 Å². The number of benzene rings is 2. The van der Waals surface area contributed by atoms with E-state index < -0.39 is 22.2 Å². The summed E-state index contributed by atoms with van der Waals surface area (Å²) in [5.74, 6) is 0. The zero-order valence-electron chi connectivity index (χ0n) is 14.0. The third kappa shape index (κ3) is 2.31. The molecular formula is C18H14N4O4. The van der Waals surface area contributed by atoms with Gasteiger partial charge >= 0.3 is 22.2 Å². The molecule has 0 aliphatic heterocycles. The third-order valence-corrected chi connectivity index (χ3v) is 4.32. The highest BCUT2D eigenvalue weighted by atomic mass is 16.2. The van der Waals surface area contributed by atoms with Crippen molar-refractivity contribution in [2.24, 2.45) is 0 Å². The molecule has 8 heteroatoms. The molecule has 0 aliphatic rings. The van der Waals surface area contributed by atoms with Crippen LogP contribution in [0.25, 0.3) is 27.8 Å². The van der Waals surface area contributed by atoms with Crippen LogP contribution in [0.1, 0.15) is 11.1 Å². The molecule has 0 aliphatic carbocycles. The Bertz CT molecular complexity index is 1440. The van der Waals surface area contributed by atoms with Gasteiger partial charge in [0.15, 0.2) is 0 Å². The second-order valence-corrected chi connectivity index (χ2v) is 6.21. The number of H-pyrrole nitrogens is 3. The van der Waals surface area contributed by atoms with Gasteiger partial charge in [0, 0.05) is 0 Å². The highest BCUT2D eigenvalue weighted by Crippen LogP contribution is 2.21. The van der Waals surface area contributed by atoms with Gasteiger partial charge in [-0.3, -0.25) is 23.7 Å². The summed E-state index contributed by atoms with van der Waals surface area (Å²) in [4.78, 5) is 55.4. The maximum Gasteiger partial charge on any atom is 0.321 e. The summed E-state index contributed by atoms with van der Waals surface area (Å²) >= 11 is 0. The minimum atomic E-state index is -0.786. The Balaban J connectivity index is 2.18. The van der Waals surface area contributed by atoms with E-state index in [4.69, 9.17) is 0 Å². The largest absolute Gasteiger partial charge is 0.321 e. The molecule has 4 rings (SSSR count). The molecule has 0 atom stereocenters. The normalized spacial score (nSPS) is 11.3. The Morgan fingerprint density at radius 3 is 2.04 bits per heavy atom. The summed E-state index contributed by atoms with van der Waals surface area (Å²) in [6.45, 7) is 3.64. The quantitative estimate of drug-likeness (QED) is 0.440. The van der Waals surface area contributed by atoms with Crippen molar-refractivity contribution in [3.8, 4) is 5.69 Å². The Kier molecular flexibility index (Phi) is 3.30. The highest BCUT2D eigenvalue weighted by molar-refractivity contribution is 5.82. The highest BCUT2D eigenvalue weighted by Gasteiger charge is 2.13.